The molecule has 2 N–H and O–H groups in total. The highest BCUT2D eigenvalue weighted by Gasteiger charge is 2.21. The zero-order chi connectivity index (χ0) is 14.6. The molecular weight excluding hydrogens is 258 g/mol. The van der Waals surface area contributed by atoms with E-state index in [4.69, 9.17) is 4.74 Å². The van der Waals surface area contributed by atoms with Gasteiger partial charge in [-0.15, -0.1) is 5.10 Å². The van der Waals surface area contributed by atoms with Crippen molar-refractivity contribution in [2.45, 2.75) is 26.2 Å². The van der Waals surface area contributed by atoms with Crippen LogP contribution in [0.15, 0.2) is 0 Å². The van der Waals surface area contributed by atoms with Crippen LogP contribution in [0.25, 0.3) is 0 Å². The minimum Gasteiger partial charge on any atom is -0.379 e. The van der Waals surface area contributed by atoms with E-state index in [1.54, 1.807) is 0 Å². The zero-order valence-corrected chi connectivity index (χ0v) is 12.4. The monoisotopic (exact) mass is 281 g/mol. The number of H-pyrrole nitrogens is 1. The number of hydrogen-bond acceptors (Lipinski definition) is 5. The van der Waals surface area contributed by atoms with Crippen molar-refractivity contribution in [3.05, 3.63) is 11.6 Å². The molecule has 0 bridgehead atoms. The minimum atomic E-state index is -0.231. The Labute approximate surface area is 119 Å². The zero-order valence-electron chi connectivity index (χ0n) is 12.4. The molecule has 7 heteroatoms. The lowest BCUT2D eigenvalue weighted by Gasteiger charge is -2.26. The number of rotatable bonds is 4. The lowest BCUT2D eigenvalue weighted by atomic mass is 9.96. The van der Waals surface area contributed by atoms with Crippen molar-refractivity contribution in [3.8, 4) is 0 Å². The maximum atomic E-state index is 11.9. The maximum absolute atomic E-state index is 11.9. The van der Waals surface area contributed by atoms with Crippen molar-refractivity contribution in [2.75, 3.05) is 39.4 Å². The number of aromatic amines is 1. The fourth-order valence-electron chi connectivity index (χ4n) is 1.93. The van der Waals surface area contributed by atoms with Crippen LogP contribution in [0, 0.1) is 0 Å². The Morgan fingerprint density at radius 3 is 2.70 bits per heavy atom. The van der Waals surface area contributed by atoms with Crippen LogP contribution in [0.4, 0.5) is 0 Å². The molecule has 1 aliphatic heterocycles. The molecule has 0 radical (unpaired) electrons. The first kappa shape index (κ1) is 14.9. The molecule has 20 heavy (non-hydrogen) atoms. The van der Waals surface area contributed by atoms with E-state index in [2.05, 4.69) is 25.4 Å². The van der Waals surface area contributed by atoms with Gasteiger partial charge in [-0.2, -0.15) is 0 Å². The van der Waals surface area contributed by atoms with E-state index < -0.39 is 0 Å². The fraction of sp³-hybridized carbons (Fsp3) is 0.769. The summed E-state index contributed by atoms with van der Waals surface area (Å²) < 4.78 is 5.28. The Morgan fingerprint density at radius 1 is 1.40 bits per heavy atom. The van der Waals surface area contributed by atoms with Crippen molar-refractivity contribution in [3.63, 3.8) is 0 Å². The third-order valence-electron chi connectivity index (χ3n) is 3.22. The van der Waals surface area contributed by atoms with Crippen molar-refractivity contribution in [1.29, 1.82) is 0 Å². The maximum Gasteiger partial charge on any atom is 0.291 e. The van der Waals surface area contributed by atoms with Gasteiger partial charge >= 0.3 is 0 Å². The first-order valence-electron chi connectivity index (χ1n) is 6.98. The average molecular weight is 281 g/mol. The number of nitrogens with one attached hydrogen (secondary N) is 2. The summed E-state index contributed by atoms with van der Waals surface area (Å²) in [5.74, 6) is 0.692. The van der Waals surface area contributed by atoms with E-state index in [9.17, 15) is 4.79 Å². The quantitative estimate of drug-likeness (QED) is 0.821. The second-order valence-corrected chi connectivity index (χ2v) is 5.97. The van der Waals surface area contributed by atoms with Gasteiger partial charge in [0.25, 0.3) is 5.91 Å². The summed E-state index contributed by atoms with van der Waals surface area (Å²) in [6.45, 7) is 10.9. The van der Waals surface area contributed by atoms with E-state index in [-0.39, 0.29) is 17.1 Å². The van der Waals surface area contributed by atoms with Crippen LogP contribution in [0.1, 0.15) is 37.2 Å². The van der Waals surface area contributed by atoms with Gasteiger partial charge in [-0.05, 0) is 0 Å². The van der Waals surface area contributed by atoms with Gasteiger partial charge in [0, 0.05) is 31.6 Å². The van der Waals surface area contributed by atoms with Crippen LogP contribution in [0.5, 0.6) is 0 Å². The second-order valence-electron chi connectivity index (χ2n) is 5.97. The van der Waals surface area contributed by atoms with Crippen molar-refractivity contribution < 1.29 is 9.53 Å². The van der Waals surface area contributed by atoms with Crippen molar-refractivity contribution in [1.82, 2.24) is 25.4 Å². The SMILES string of the molecule is CC(C)(C)c1nc(C(=O)NCCN2CCOCC2)n[nH]1. The summed E-state index contributed by atoms with van der Waals surface area (Å²) in [6, 6.07) is 0. The van der Waals surface area contributed by atoms with Gasteiger partial charge in [-0.25, -0.2) is 4.98 Å². The molecule has 1 saturated heterocycles. The Bertz CT molecular complexity index is 446. The normalized spacial score (nSPS) is 17.1. The second kappa shape index (κ2) is 6.32. The highest BCUT2D eigenvalue weighted by atomic mass is 16.5. The molecular formula is C13H23N5O2. The number of ether oxygens (including phenoxy) is 1. The number of morpholine rings is 1. The molecule has 0 spiro atoms. The molecule has 2 rings (SSSR count). The molecule has 0 aliphatic carbocycles. The number of nitrogens with zero attached hydrogens (tertiary/aromatic N) is 3. The molecule has 1 fully saturated rings. The van der Waals surface area contributed by atoms with Crippen molar-refractivity contribution >= 4 is 5.91 Å². The number of aromatic nitrogens is 3. The number of amides is 1. The average Bonchev–Trinajstić information content (AvgIpc) is 2.89. The van der Waals surface area contributed by atoms with Crippen LogP contribution in [0.2, 0.25) is 0 Å². The first-order chi connectivity index (χ1) is 9.47. The van der Waals surface area contributed by atoms with Gasteiger partial charge in [0.1, 0.15) is 5.82 Å². The summed E-state index contributed by atoms with van der Waals surface area (Å²) in [4.78, 5) is 18.4. The van der Waals surface area contributed by atoms with E-state index in [1.807, 2.05) is 20.8 Å². The lowest BCUT2D eigenvalue weighted by molar-refractivity contribution is 0.0383. The molecule has 0 aromatic carbocycles. The molecule has 0 atom stereocenters. The van der Waals surface area contributed by atoms with Gasteiger partial charge in [-0.1, -0.05) is 20.8 Å². The molecule has 7 nitrogen and oxygen atoms in total. The molecule has 112 valence electrons. The topological polar surface area (TPSA) is 83.1 Å². The predicted octanol–water partition coefficient (Wildman–Crippen LogP) is 0.164. The Morgan fingerprint density at radius 2 is 2.10 bits per heavy atom. The highest BCUT2D eigenvalue weighted by Crippen LogP contribution is 2.17. The number of carbonyl (C=O) groups is 1. The van der Waals surface area contributed by atoms with Crippen LogP contribution >= 0.6 is 0 Å². The summed E-state index contributed by atoms with van der Waals surface area (Å²) in [6.07, 6.45) is 0. The Balaban J connectivity index is 1.78. The van der Waals surface area contributed by atoms with E-state index in [1.165, 1.54) is 0 Å². The fourth-order valence-corrected chi connectivity index (χ4v) is 1.93. The van der Waals surface area contributed by atoms with Gasteiger partial charge in [-0.3, -0.25) is 14.8 Å². The first-order valence-corrected chi connectivity index (χ1v) is 6.98. The number of carbonyl (C=O) groups excluding carboxylic acids is 1. The van der Waals surface area contributed by atoms with E-state index >= 15 is 0 Å². The van der Waals surface area contributed by atoms with Crippen LogP contribution in [-0.2, 0) is 10.2 Å². The molecule has 0 saturated carbocycles. The number of hydrogen-bond donors (Lipinski definition) is 2. The summed E-state index contributed by atoms with van der Waals surface area (Å²) in [5, 5.41) is 9.63. The molecule has 1 aromatic rings. The van der Waals surface area contributed by atoms with Gasteiger partial charge in [0.15, 0.2) is 0 Å². The molecule has 2 heterocycles. The Hall–Kier alpha value is -1.47. The molecule has 1 amide bonds. The third-order valence-corrected chi connectivity index (χ3v) is 3.22. The van der Waals surface area contributed by atoms with Crippen LogP contribution in [-0.4, -0.2) is 65.4 Å². The van der Waals surface area contributed by atoms with Gasteiger partial charge in [0.05, 0.1) is 13.2 Å². The lowest BCUT2D eigenvalue weighted by Crippen LogP contribution is -2.41. The minimum absolute atomic E-state index is 0.140. The summed E-state index contributed by atoms with van der Waals surface area (Å²) in [7, 11) is 0. The third kappa shape index (κ3) is 4.01. The van der Waals surface area contributed by atoms with Gasteiger partial charge in [0.2, 0.25) is 5.82 Å². The van der Waals surface area contributed by atoms with E-state index in [0.717, 1.165) is 38.7 Å². The predicted molar refractivity (Wildman–Crippen MR) is 74.7 cm³/mol. The van der Waals surface area contributed by atoms with Crippen LogP contribution in [0.3, 0.4) is 0 Å². The van der Waals surface area contributed by atoms with E-state index in [0.29, 0.717) is 6.54 Å². The molecule has 1 aliphatic rings. The highest BCUT2D eigenvalue weighted by molar-refractivity contribution is 5.90. The largest absolute Gasteiger partial charge is 0.379 e. The van der Waals surface area contributed by atoms with Gasteiger partial charge < -0.3 is 10.1 Å². The summed E-state index contributed by atoms with van der Waals surface area (Å²) in [5.41, 5.74) is -0.140. The molecule has 1 aromatic heterocycles. The molecule has 0 unspecified atom stereocenters. The summed E-state index contributed by atoms with van der Waals surface area (Å²) >= 11 is 0. The van der Waals surface area contributed by atoms with Crippen LogP contribution < -0.4 is 5.32 Å². The smallest absolute Gasteiger partial charge is 0.291 e. The van der Waals surface area contributed by atoms with Crippen molar-refractivity contribution in [2.24, 2.45) is 0 Å². The standard InChI is InChI=1S/C13H23N5O2/c1-13(2,3)12-15-10(16-17-12)11(19)14-4-5-18-6-8-20-9-7-18/h4-9H2,1-3H3,(H,14,19)(H,15,16,17). The Kier molecular flexibility index (Phi) is 4.72.